The van der Waals surface area contributed by atoms with Crippen molar-refractivity contribution in [2.75, 3.05) is 0 Å². The van der Waals surface area contributed by atoms with E-state index in [0.29, 0.717) is 6.42 Å². The van der Waals surface area contributed by atoms with Crippen molar-refractivity contribution in [1.82, 2.24) is 5.16 Å². The molecule has 0 aliphatic heterocycles. The highest BCUT2D eigenvalue weighted by molar-refractivity contribution is 6.22. The number of aromatic nitrogens is 1. The summed E-state index contributed by atoms with van der Waals surface area (Å²) in [6, 6.07) is 0. The highest BCUT2D eigenvalue weighted by Crippen LogP contribution is 2.60. The van der Waals surface area contributed by atoms with Gasteiger partial charge in [0.25, 0.3) is 0 Å². The van der Waals surface area contributed by atoms with E-state index in [2.05, 4.69) is 21.3 Å². The molecule has 1 aromatic heterocycles. The molecule has 0 bridgehead atoms. The molecule has 0 saturated carbocycles. The molecule has 25 heavy (non-hydrogen) atoms. The van der Waals surface area contributed by atoms with Crippen molar-refractivity contribution < 1.29 is 48.4 Å². The lowest BCUT2D eigenvalue weighted by Gasteiger charge is -2.37. The zero-order valence-corrected chi connectivity index (χ0v) is 12.6. The summed E-state index contributed by atoms with van der Waals surface area (Å²) < 4.78 is 137. The van der Waals surface area contributed by atoms with Crippen LogP contribution in [0, 0.1) is 0 Å². The molecular weight excluding hydrogens is 400 g/mol. The lowest BCUT2D eigenvalue weighted by Crippen LogP contribution is -2.65. The molecule has 0 amide bonds. The molecule has 0 atom stereocenters. The quantitative estimate of drug-likeness (QED) is 0.484. The number of nitrogens with zero attached hydrogens (tertiary/aromatic N) is 1. The highest BCUT2D eigenvalue weighted by Gasteiger charge is 2.87. The topological polar surface area (TPSA) is 26.0 Å². The van der Waals surface area contributed by atoms with E-state index in [0.717, 1.165) is 0 Å². The molecule has 13 heteroatoms. The number of halogens is 11. The van der Waals surface area contributed by atoms with Gasteiger partial charge in [0.1, 0.15) is 5.76 Å². The van der Waals surface area contributed by atoms with Gasteiger partial charge in [-0.25, -0.2) is 0 Å². The van der Waals surface area contributed by atoms with Gasteiger partial charge in [-0.1, -0.05) is 5.16 Å². The largest absolute Gasteiger partial charge is 0.393 e. The van der Waals surface area contributed by atoms with Crippen molar-refractivity contribution in [3.8, 4) is 0 Å². The van der Waals surface area contributed by atoms with Crippen molar-refractivity contribution in [2.45, 2.75) is 54.8 Å². The molecule has 0 aromatic carbocycles. The van der Waals surface area contributed by atoms with Crippen LogP contribution in [-0.4, -0.2) is 28.3 Å². The molecule has 0 fully saturated rings. The lowest BCUT2D eigenvalue weighted by molar-refractivity contribution is -0.394. The Labute approximate surface area is 138 Å². The maximum Gasteiger partial charge on any atom is 0.393 e. The van der Waals surface area contributed by atoms with Crippen LogP contribution in [0.2, 0.25) is 0 Å². The molecule has 144 valence electrons. The van der Waals surface area contributed by atoms with Gasteiger partial charge in [0, 0.05) is 12.0 Å². The van der Waals surface area contributed by atoms with Crippen LogP contribution in [0.25, 0.3) is 0 Å². The molecule has 0 radical (unpaired) electrons. The molecule has 0 saturated heterocycles. The highest BCUT2D eigenvalue weighted by atomic mass is 35.5. The zero-order chi connectivity index (χ0) is 19.5. The van der Waals surface area contributed by atoms with E-state index < -0.39 is 40.3 Å². The Morgan fingerprint density at radius 1 is 0.760 bits per heavy atom. The van der Waals surface area contributed by atoms with Crippen LogP contribution in [0.1, 0.15) is 29.9 Å². The number of aryl methyl sites for hydroxylation is 1. The van der Waals surface area contributed by atoms with Crippen molar-refractivity contribution in [1.29, 1.82) is 0 Å². The van der Waals surface area contributed by atoms with Crippen molar-refractivity contribution in [3.63, 3.8) is 0 Å². The van der Waals surface area contributed by atoms with Crippen molar-refractivity contribution in [3.05, 3.63) is 17.0 Å². The third-order valence-electron chi connectivity index (χ3n) is 3.79. The average Bonchev–Trinajstić information content (AvgIpc) is 2.89. The van der Waals surface area contributed by atoms with Gasteiger partial charge in [0.05, 0.1) is 0 Å². The Morgan fingerprint density at radius 2 is 1.28 bits per heavy atom. The lowest BCUT2D eigenvalue weighted by atomic mass is 9.90. The van der Waals surface area contributed by atoms with Crippen LogP contribution in [0.15, 0.2) is 4.52 Å². The predicted molar refractivity (Wildman–Crippen MR) is 62.7 cm³/mol. The van der Waals surface area contributed by atoms with Gasteiger partial charge in [-0.05, 0) is 30.9 Å². The molecule has 1 aliphatic carbocycles. The van der Waals surface area contributed by atoms with Gasteiger partial charge < -0.3 is 4.52 Å². The fourth-order valence-corrected chi connectivity index (χ4v) is 2.47. The van der Waals surface area contributed by atoms with E-state index in [-0.39, 0.29) is 25.0 Å². The first-order valence-electron chi connectivity index (χ1n) is 6.65. The third kappa shape index (κ3) is 2.67. The van der Waals surface area contributed by atoms with Crippen molar-refractivity contribution in [2.24, 2.45) is 0 Å². The second kappa shape index (κ2) is 5.65. The normalized spacial score (nSPS) is 17.6. The van der Waals surface area contributed by atoms with Gasteiger partial charge >= 0.3 is 29.1 Å². The molecule has 1 aliphatic rings. The standard InChI is InChI=1S/C12H8ClF10NO/c13-12(22,23)11(20,21)10(18,19)9(16,17)8(14,15)7-5-3-1-2-4-6(5)25-24-7/h1-4H2. The zero-order valence-electron chi connectivity index (χ0n) is 11.8. The number of hydrogen-bond acceptors (Lipinski definition) is 2. The molecular formula is C12H8ClF10NO. The number of alkyl halides is 11. The average molecular weight is 408 g/mol. The molecule has 2 rings (SSSR count). The fraction of sp³-hybridized carbons (Fsp3) is 0.750. The van der Waals surface area contributed by atoms with E-state index >= 15 is 0 Å². The Morgan fingerprint density at radius 3 is 1.80 bits per heavy atom. The third-order valence-corrected chi connectivity index (χ3v) is 4.02. The summed E-state index contributed by atoms with van der Waals surface area (Å²) in [5.74, 6) is -27.4. The van der Waals surface area contributed by atoms with Crippen LogP contribution < -0.4 is 0 Å². The minimum absolute atomic E-state index is 0.00368. The summed E-state index contributed by atoms with van der Waals surface area (Å²) in [5.41, 5.74) is -2.62. The first-order valence-corrected chi connectivity index (χ1v) is 7.02. The minimum Gasteiger partial charge on any atom is -0.361 e. The molecule has 0 N–H and O–H groups in total. The molecule has 2 nitrogen and oxygen atoms in total. The maximum absolute atomic E-state index is 14.0. The summed E-state index contributed by atoms with van der Waals surface area (Å²) >= 11 is 3.73. The Kier molecular flexibility index (Phi) is 4.54. The van der Waals surface area contributed by atoms with Crippen molar-refractivity contribution >= 4 is 11.6 Å². The van der Waals surface area contributed by atoms with Gasteiger partial charge in [-0.3, -0.25) is 0 Å². The van der Waals surface area contributed by atoms with Crippen LogP contribution in [0.5, 0.6) is 0 Å². The molecule has 0 unspecified atom stereocenters. The van der Waals surface area contributed by atoms with E-state index in [1.54, 1.807) is 0 Å². The smallest absolute Gasteiger partial charge is 0.361 e. The molecule has 1 aromatic rings. The fourth-order valence-electron chi connectivity index (χ4n) is 2.35. The number of rotatable bonds is 5. The summed E-state index contributed by atoms with van der Waals surface area (Å²) in [6.07, 6.45) is 0.315. The van der Waals surface area contributed by atoms with Gasteiger partial charge in [-0.15, -0.1) is 0 Å². The van der Waals surface area contributed by atoms with Crippen LogP contribution in [-0.2, 0) is 18.8 Å². The first-order chi connectivity index (χ1) is 11.1. The SMILES string of the molecule is FC(F)(Cl)C(F)(F)C(F)(F)C(F)(F)C(F)(F)c1noc2c1CCCC2. The van der Waals surface area contributed by atoms with Gasteiger partial charge in [-0.2, -0.15) is 43.9 Å². The monoisotopic (exact) mass is 407 g/mol. The molecule has 1 heterocycles. The van der Waals surface area contributed by atoms with Crippen LogP contribution >= 0.6 is 11.6 Å². The summed E-state index contributed by atoms with van der Waals surface area (Å²) in [6.45, 7) is 0. The Balaban J connectivity index is 2.55. The predicted octanol–water partition coefficient (Wildman–Crippen LogP) is 5.38. The van der Waals surface area contributed by atoms with E-state index in [4.69, 9.17) is 0 Å². The van der Waals surface area contributed by atoms with Gasteiger partial charge in [0.2, 0.25) is 0 Å². The summed E-state index contributed by atoms with van der Waals surface area (Å²) in [4.78, 5) is 0. The van der Waals surface area contributed by atoms with E-state index in [1.807, 2.05) is 0 Å². The number of hydrogen-bond donors (Lipinski definition) is 0. The number of fused-ring (bicyclic) bond motifs is 1. The van der Waals surface area contributed by atoms with E-state index in [9.17, 15) is 43.9 Å². The first kappa shape index (κ1) is 20.1. The van der Waals surface area contributed by atoms with Crippen LogP contribution in [0.4, 0.5) is 43.9 Å². The van der Waals surface area contributed by atoms with Gasteiger partial charge in [0.15, 0.2) is 5.69 Å². The second-order valence-electron chi connectivity index (χ2n) is 5.44. The Bertz CT molecular complexity index is 651. The minimum atomic E-state index is -7.20. The van der Waals surface area contributed by atoms with E-state index in [1.165, 1.54) is 0 Å². The second-order valence-corrected chi connectivity index (χ2v) is 5.91. The summed E-state index contributed by atoms with van der Waals surface area (Å²) in [5, 5.41) is -3.62. The Hall–Kier alpha value is -1.20. The van der Waals surface area contributed by atoms with Crippen LogP contribution in [0.3, 0.4) is 0 Å². The summed E-state index contributed by atoms with van der Waals surface area (Å²) in [7, 11) is 0. The maximum atomic E-state index is 14.0. The molecule has 0 spiro atoms.